The van der Waals surface area contributed by atoms with Gasteiger partial charge in [-0.05, 0) is 60.9 Å². The Kier molecular flexibility index (Phi) is 5.69. The first-order chi connectivity index (χ1) is 15.4. The predicted molar refractivity (Wildman–Crippen MR) is 125 cm³/mol. The number of carbonyl (C=O) groups is 2. The van der Waals surface area contributed by atoms with Gasteiger partial charge in [0, 0.05) is 11.8 Å². The van der Waals surface area contributed by atoms with E-state index in [0.717, 1.165) is 11.1 Å². The normalized spacial score (nSPS) is 13.6. The molecular weight excluding hydrogens is 404 g/mol. The number of ether oxygens (including phenoxy) is 2. The molecule has 1 aliphatic heterocycles. The molecule has 0 fully saturated rings. The molecule has 0 saturated heterocycles. The second-order valence-corrected chi connectivity index (χ2v) is 7.57. The Morgan fingerprint density at radius 2 is 1.50 bits per heavy atom. The van der Waals surface area contributed by atoms with Crippen LogP contribution in [0.4, 0.5) is 11.4 Å². The SMILES string of the molecule is COc1ccc(C2=C(Nc3cccc(OC)c3)C(=O)N(c3cc(C)ccc3C)C2=O)cc1. The highest BCUT2D eigenvalue weighted by Crippen LogP contribution is 2.36. The van der Waals surface area contributed by atoms with Crippen molar-refractivity contribution in [2.75, 3.05) is 24.4 Å². The summed E-state index contributed by atoms with van der Waals surface area (Å²) in [5.41, 5.74) is 4.18. The Morgan fingerprint density at radius 1 is 0.781 bits per heavy atom. The fourth-order valence-corrected chi connectivity index (χ4v) is 3.70. The van der Waals surface area contributed by atoms with Gasteiger partial charge in [-0.15, -0.1) is 0 Å². The zero-order valence-electron chi connectivity index (χ0n) is 18.4. The van der Waals surface area contributed by atoms with Gasteiger partial charge in [0.2, 0.25) is 0 Å². The van der Waals surface area contributed by atoms with Gasteiger partial charge >= 0.3 is 0 Å². The predicted octanol–water partition coefficient (Wildman–Crippen LogP) is 4.72. The lowest BCUT2D eigenvalue weighted by Crippen LogP contribution is -2.33. The summed E-state index contributed by atoms with van der Waals surface area (Å²) >= 11 is 0. The average Bonchev–Trinajstić information content (AvgIpc) is 3.05. The second-order valence-electron chi connectivity index (χ2n) is 7.57. The minimum absolute atomic E-state index is 0.217. The summed E-state index contributed by atoms with van der Waals surface area (Å²) in [6.07, 6.45) is 0. The molecule has 2 amide bonds. The Balaban J connectivity index is 1.84. The van der Waals surface area contributed by atoms with Gasteiger partial charge in [-0.1, -0.05) is 30.3 Å². The number of nitrogens with zero attached hydrogens (tertiary/aromatic N) is 1. The molecule has 6 nitrogen and oxygen atoms in total. The second kappa shape index (κ2) is 8.59. The van der Waals surface area contributed by atoms with Gasteiger partial charge in [0.15, 0.2) is 0 Å². The third-order valence-corrected chi connectivity index (χ3v) is 5.41. The van der Waals surface area contributed by atoms with Crippen LogP contribution < -0.4 is 19.7 Å². The maximum atomic E-state index is 13.6. The minimum Gasteiger partial charge on any atom is -0.497 e. The number of methoxy groups -OCH3 is 2. The van der Waals surface area contributed by atoms with Gasteiger partial charge in [-0.25, -0.2) is 4.90 Å². The molecule has 3 aromatic rings. The summed E-state index contributed by atoms with van der Waals surface area (Å²) in [7, 11) is 3.16. The first-order valence-corrected chi connectivity index (χ1v) is 10.2. The van der Waals surface area contributed by atoms with Crippen LogP contribution in [-0.4, -0.2) is 26.0 Å². The number of hydrogen-bond acceptors (Lipinski definition) is 5. The lowest BCUT2D eigenvalue weighted by Gasteiger charge is -2.18. The Morgan fingerprint density at radius 3 is 2.19 bits per heavy atom. The van der Waals surface area contributed by atoms with Gasteiger partial charge in [-0.2, -0.15) is 0 Å². The molecule has 4 rings (SSSR count). The lowest BCUT2D eigenvalue weighted by molar-refractivity contribution is -0.120. The molecule has 0 radical (unpaired) electrons. The molecule has 32 heavy (non-hydrogen) atoms. The highest BCUT2D eigenvalue weighted by molar-refractivity contribution is 6.46. The van der Waals surface area contributed by atoms with Gasteiger partial charge in [0.1, 0.15) is 17.2 Å². The van der Waals surface area contributed by atoms with Crippen molar-refractivity contribution in [1.82, 2.24) is 0 Å². The summed E-state index contributed by atoms with van der Waals surface area (Å²) in [6.45, 7) is 3.82. The topological polar surface area (TPSA) is 67.9 Å². The van der Waals surface area contributed by atoms with E-state index in [-0.39, 0.29) is 11.6 Å². The molecule has 0 spiro atoms. The Hall–Kier alpha value is -4.06. The molecule has 1 N–H and O–H groups in total. The zero-order valence-corrected chi connectivity index (χ0v) is 18.4. The van der Waals surface area contributed by atoms with Crippen LogP contribution in [0.25, 0.3) is 5.57 Å². The van der Waals surface area contributed by atoms with Crippen molar-refractivity contribution in [1.29, 1.82) is 0 Å². The molecule has 0 aliphatic carbocycles. The Labute approximate surface area is 187 Å². The molecule has 6 heteroatoms. The number of nitrogens with one attached hydrogen (secondary N) is 1. The molecule has 162 valence electrons. The number of imide groups is 1. The van der Waals surface area contributed by atoms with E-state index in [9.17, 15) is 9.59 Å². The van der Waals surface area contributed by atoms with E-state index in [1.165, 1.54) is 4.90 Å². The van der Waals surface area contributed by atoms with E-state index in [2.05, 4.69) is 5.32 Å². The summed E-state index contributed by atoms with van der Waals surface area (Å²) in [5.74, 6) is 0.529. The van der Waals surface area contributed by atoms with Crippen LogP contribution in [-0.2, 0) is 9.59 Å². The van der Waals surface area contributed by atoms with Gasteiger partial charge < -0.3 is 14.8 Å². The standard InChI is InChI=1S/C26H24N2O4/c1-16-8-9-17(2)22(14-16)28-25(29)23(18-10-12-20(31-3)13-11-18)24(26(28)30)27-19-6-5-7-21(15-19)32-4/h5-15,27H,1-4H3. The molecule has 3 aromatic carbocycles. The number of rotatable bonds is 6. The van der Waals surface area contributed by atoms with Gasteiger partial charge in [0.25, 0.3) is 11.8 Å². The van der Waals surface area contributed by atoms with Crippen molar-refractivity contribution in [2.45, 2.75) is 13.8 Å². The number of hydrogen-bond donors (Lipinski definition) is 1. The zero-order chi connectivity index (χ0) is 22.8. The van der Waals surface area contributed by atoms with Crippen molar-refractivity contribution in [3.05, 3.63) is 89.1 Å². The van der Waals surface area contributed by atoms with Crippen LogP contribution in [0.5, 0.6) is 11.5 Å². The van der Waals surface area contributed by atoms with Crippen molar-refractivity contribution >= 4 is 28.8 Å². The van der Waals surface area contributed by atoms with Crippen LogP contribution in [0.2, 0.25) is 0 Å². The maximum Gasteiger partial charge on any atom is 0.282 e. The number of amides is 2. The van der Waals surface area contributed by atoms with E-state index in [1.54, 1.807) is 44.6 Å². The fraction of sp³-hybridized carbons (Fsp3) is 0.154. The van der Waals surface area contributed by atoms with Crippen molar-refractivity contribution < 1.29 is 19.1 Å². The maximum absolute atomic E-state index is 13.6. The van der Waals surface area contributed by atoms with Crippen molar-refractivity contribution in [3.8, 4) is 11.5 Å². The highest BCUT2D eigenvalue weighted by atomic mass is 16.5. The smallest absolute Gasteiger partial charge is 0.282 e. The van der Waals surface area contributed by atoms with Crippen molar-refractivity contribution in [2.24, 2.45) is 0 Å². The van der Waals surface area contributed by atoms with Crippen molar-refractivity contribution in [3.63, 3.8) is 0 Å². The number of benzene rings is 3. The molecule has 1 heterocycles. The Bertz CT molecular complexity index is 1230. The third kappa shape index (κ3) is 3.83. The van der Waals surface area contributed by atoms with E-state index >= 15 is 0 Å². The van der Waals surface area contributed by atoms with Crippen LogP contribution >= 0.6 is 0 Å². The van der Waals surface area contributed by atoms with Gasteiger partial charge in [-0.3, -0.25) is 9.59 Å². The van der Waals surface area contributed by atoms with E-state index in [0.29, 0.717) is 34.0 Å². The molecule has 0 unspecified atom stereocenters. The first kappa shape index (κ1) is 21.2. The molecule has 0 bridgehead atoms. The van der Waals surface area contributed by atoms with Crippen LogP contribution in [0.1, 0.15) is 16.7 Å². The quantitative estimate of drug-likeness (QED) is 0.576. The average molecular weight is 428 g/mol. The third-order valence-electron chi connectivity index (χ3n) is 5.41. The summed E-state index contributed by atoms with van der Waals surface area (Å²) in [5, 5.41) is 3.16. The first-order valence-electron chi connectivity index (χ1n) is 10.2. The molecule has 0 atom stereocenters. The van der Waals surface area contributed by atoms with Crippen LogP contribution in [0.15, 0.2) is 72.4 Å². The highest BCUT2D eigenvalue weighted by Gasteiger charge is 2.40. The summed E-state index contributed by atoms with van der Waals surface area (Å²) in [6, 6.07) is 20.0. The largest absolute Gasteiger partial charge is 0.497 e. The summed E-state index contributed by atoms with van der Waals surface area (Å²) in [4.78, 5) is 28.4. The van der Waals surface area contributed by atoms with Gasteiger partial charge in [0.05, 0.1) is 25.5 Å². The fourth-order valence-electron chi connectivity index (χ4n) is 3.70. The molecule has 1 aliphatic rings. The molecule has 0 saturated carbocycles. The number of anilines is 2. The van der Waals surface area contributed by atoms with E-state index in [4.69, 9.17) is 9.47 Å². The molecule has 0 aromatic heterocycles. The van der Waals surface area contributed by atoms with E-state index in [1.807, 2.05) is 50.2 Å². The van der Waals surface area contributed by atoms with Crippen LogP contribution in [0.3, 0.4) is 0 Å². The van der Waals surface area contributed by atoms with Crippen LogP contribution in [0, 0.1) is 13.8 Å². The minimum atomic E-state index is -0.405. The number of carbonyl (C=O) groups excluding carboxylic acids is 2. The van der Waals surface area contributed by atoms with E-state index < -0.39 is 5.91 Å². The molecular formula is C26H24N2O4. The summed E-state index contributed by atoms with van der Waals surface area (Å²) < 4.78 is 10.5. The number of aryl methyl sites for hydroxylation is 2. The monoisotopic (exact) mass is 428 g/mol. The lowest BCUT2D eigenvalue weighted by atomic mass is 10.0.